The van der Waals surface area contributed by atoms with Crippen molar-refractivity contribution in [3.63, 3.8) is 0 Å². The van der Waals surface area contributed by atoms with E-state index in [-0.39, 0.29) is 18.5 Å². The van der Waals surface area contributed by atoms with E-state index < -0.39 is 5.41 Å². The average Bonchev–Trinajstić information content (AvgIpc) is 2.35. The van der Waals surface area contributed by atoms with Gasteiger partial charge in [0.15, 0.2) is 0 Å². The number of carbonyl (C=O) groups is 2. The fourth-order valence-corrected chi connectivity index (χ4v) is 1.96. The Hall–Kier alpha value is -1.77. The van der Waals surface area contributed by atoms with Crippen LogP contribution in [0.2, 0.25) is 0 Å². The van der Waals surface area contributed by atoms with Crippen molar-refractivity contribution in [3.05, 3.63) is 0 Å². The molecule has 6 heteroatoms. The highest BCUT2D eigenvalue weighted by Gasteiger charge is 2.33. The summed E-state index contributed by atoms with van der Waals surface area (Å²) >= 11 is 0. The van der Waals surface area contributed by atoms with E-state index >= 15 is 0 Å². The molecule has 100 valence electrons. The molecule has 0 unspecified atom stereocenters. The van der Waals surface area contributed by atoms with Crippen molar-refractivity contribution in [3.8, 4) is 6.07 Å². The third kappa shape index (κ3) is 3.62. The second-order valence-electron chi connectivity index (χ2n) is 5.14. The van der Waals surface area contributed by atoms with Crippen LogP contribution in [0.25, 0.3) is 0 Å². The van der Waals surface area contributed by atoms with Crippen LogP contribution in [-0.4, -0.2) is 55.5 Å². The Morgan fingerprint density at radius 1 is 1.50 bits per heavy atom. The number of hydrogen-bond acceptors (Lipinski definition) is 3. The molecular formula is C12H20N4O2. The maximum absolute atomic E-state index is 11.9. The smallest absolute Gasteiger partial charge is 0.317 e. The molecule has 1 aliphatic heterocycles. The van der Waals surface area contributed by atoms with Crippen LogP contribution >= 0.6 is 0 Å². The molecule has 0 radical (unpaired) electrons. The summed E-state index contributed by atoms with van der Waals surface area (Å²) in [5.74, 6) is -0.133. The number of amides is 3. The van der Waals surface area contributed by atoms with Crippen LogP contribution in [0.15, 0.2) is 0 Å². The average molecular weight is 252 g/mol. The van der Waals surface area contributed by atoms with Crippen molar-refractivity contribution in [1.29, 1.82) is 5.26 Å². The summed E-state index contributed by atoms with van der Waals surface area (Å²) in [5.41, 5.74) is -0.459. The Bertz CT molecular complexity index is 375. The second-order valence-corrected chi connectivity index (χ2v) is 5.14. The van der Waals surface area contributed by atoms with Gasteiger partial charge in [0.25, 0.3) is 0 Å². The Balaban J connectivity index is 2.48. The largest absolute Gasteiger partial charge is 0.340 e. The summed E-state index contributed by atoms with van der Waals surface area (Å²) in [5, 5.41) is 11.6. The van der Waals surface area contributed by atoms with E-state index in [0.29, 0.717) is 13.1 Å². The van der Waals surface area contributed by atoms with Gasteiger partial charge in [0.1, 0.15) is 0 Å². The number of urea groups is 1. The predicted octanol–water partition coefficient (Wildman–Crippen LogP) is 0.410. The number of nitrogens with one attached hydrogen (secondary N) is 1. The minimum atomic E-state index is -0.459. The van der Waals surface area contributed by atoms with Gasteiger partial charge in [0.2, 0.25) is 5.91 Å². The fourth-order valence-electron chi connectivity index (χ4n) is 1.96. The molecule has 1 fully saturated rings. The fraction of sp³-hybridized carbons (Fsp3) is 0.750. The molecule has 1 atom stereocenters. The maximum atomic E-state index is 11.9. The van der Waals surface area contributed by atoms with Gasteiger partial charge < -0.3 is 15.1 Å². The first-order valence-electron chi connectivity index (χ1n) is 6.02. The first-order chi connectivity index (χ1) is 8.38. The van der Waals surface area contributed by atoms with Crippen molar-refractivity contribution in [2.24, 2.45) is 5.41 Å². The summed E-state index contributed by atoms with van der Waals surface area (Å²) in [6.45, 7) is 2.96. The van der Waals surface area contributed by atoms with Crippen LogP contribution in [-0.2, 0) is 4.79 Å². The molecule has 18 heavy (non-hydrogen) atoms. The van der Waals surface area contributed by atoms with Gasteiger partial charge in [-0.1, -0.05) is 0 Å². The Morgan fingerprint density at radius 2 is 2.17 bits per heavy atom. The summed E-state index contributed by atoms with van der Waals surface area (Å²) in [6, 6.07) is 1.97. The van der Waals surface area contributed by atoms with Gasteiger partial charge in [0.05, 0.1) is 18.0 Å². The third-order valence-corrected chi connectivity index (χ3v) is 3.12. The minimum Gasteiger partial charge on any atom is -0.340 e. The van der Waals surface area contributed by atoms with Crippen LogP contribution in [0, 0.1) is 16.7 Å². The van der Waals surface area contributed by atoms with Crippen molar-refractivity contribution in [1.82, 2.24) is 15.1 Å². The maximum Gasteiger partial charge on any atom is 0.317 e. The molecule has 0 bridgehead atoms. The van der Waals surface area contributed by atoms with Crippen molar-refractivity contribution in [2.75, 3.05) is 33.7 Å². The topological polar surface area (TPSA) is 76.4 Å². The SMILES string of the molecule is CN(C)C(=O)NCC(=O)N1CCC[C@](C)(C#N)C1. The van der Waals surface area contributed by atoms with Gasteiger partial charge >= 0.3 is 6.03 Å². The van der Waals surface area contributed by atoms with E-state index in [2.05, 4.69) is 11.4 Å². The monoisotopic (exact) mass is 252 g/mol. The Morgan fingerprint density at radius 3 is 2.72 bits per heavy atom. The number of likely N-dealkylation sites (tertiary alicyclic amines) is 1. The molecule has 1 heterocycles. The molecule has 3 amide bonds. The van der Waals surface area contributed by atoms with Crippen molar-refractivity contribution in [2.45, 2.75) is 19.8 Å². The van der Waals surface area contributed by atoms with E-state index in [1.165, 1.54) is 4.90 Å². The van der Waals surface area contributed by atoms with E-state index in [1.54, 1.807) is 19.0 Å². The third-order valence-electron chi connectivity index (χ3n) is 3.12. The standard InChI is InChI=1S/C12H20N4O2/c1-12(8-13)5-4-6-16(9-12)10(17)7-14-11(18)15(2)3/h4-7,9H2,1-3H3,(H,14,18)/t12-/m1/s1. The number of nitrogens with zero attached hydrogens (tertiary/aromatic N) is 3. The predicted molar refractivity (Wildman–Crippen MR) is 66.6 cm³/mol. The molecule has 0 saturated carbocycles. The van der Waals surface area contributed by atoms with E-state index in [9.17, 15) is 9.59 Å². The zero-order valence-corrected chi connectivity index (χ0v) is 11.2. The summed E-state index contributed by atoms with van der Waals surface area (Å²) in [7, 11) is 3.24. The first kappa shape index (κ1) is 14.3. The number of nitriles is 1. The zero-order chi connectivity index (χ0) is 13.8. The number of hydrogen-bond donors (Lipinski definition) is 1. The molecule has 0 aromatic rings. The van der Waals surface area contributed by atoms with Crippen molar-refractivity contribution >= 4 is 11.9 Å². The van der Waals surface area contributed by atoms with E-state index in [0.717, 1.165) is 12.8 Å². The normalized spacial score (nSPS) is 23.1. The summed E-state index contributed by atoms with van der Waals surface area (Å²) < 4.78 is 0. The Labute approximate surface area is 108 Å². The second kappa shape index (κ2) is 5.71. The molecule has 1 rings (SSSR count). The molecule has 6 nitrogen and oxygen atoms in total. The molecule has 0 spiro atoms. The van der Waals surface area contributed by atoms with Crippen LogP contribution in [0.4, 0.5) is 4.79 Å². The first-order valence-corrected chi connectivity index (χ1v) is 6.02. The van der Waals surface area contributed by atoms with E-state index in [4.69, 9.17) is 5.26 Å². The minimum absolute atomic E-state index is 0.0154. The van der Waals surface area contributed by atoms with Gasteiger partial charge in [-0.15, -0.1) is 0 Å². The van der Waals surface area contributed by atoms with Crippen LogP contribution < -0.4 is 5.32 Å². The molecule has 1 aliphatic rings. The van der Waals surface area contributed by atoms with Crippen molar-refractivity contribution < 1.29 is 9.59 Å². The number of rotatable bonds is 2. The highest BCUT2D eigenvalue weighted by Crippen LogP contribution is 2.28. The molecule has 0 aromatic heterocycles. The quantitative estimate of drug-likeness (QED) is 0.773. The van der Waals surface area contributed by atoms with Gasteiger partial charge in [-0.2, -0.15) is 5.26 Å². The van der Waals surface area contributed by atoms with E-state index in [1.807, 2.05) is 6.92 Å². The van der Waals surface area contributed by atoms with Crippen LogP contribution in [0.1, 0.15) is 19.8 Å². The lowest BCUT2D eigenvalue weighted by Gasteiger charge is -2.36. The van der Waals surface area contributed by atoms with Crippen LogP contribution in [0.5, 0.6) is 0 Å². The molecule has 1 N–H and O–H groups in total. The molecule has 1 saturated heterocycles. The van der Waals surface area contributed by atoms with Gasteiger partial charge in [-0.3, -0.25) is 4.79 Å². The van der Waals surface area contributed by atoms with Gasteiger partial charge in [-0.25, -0.2) is 4.79 Å². The highest BCUT2D eigenvalue weighted by molar-refractivity contribution is 5.84. The Kier molecular flexibility index (Phi) is 4.54. The highest BCUT2D eigenvalue weighted by atomic mass is 16.2. The van der Waals surface area contributed by atoms with Gasteiger partial charge in [0, 0.05) is 27.2 Å². The molecule has 0 aromatic carbocycles. The number of piperidine rings is 1. The lowest BCUT2D eigenvalue weighted by molar-refractivity contribution is -0.132. The number of carbonyl (C=O) groups excluding carboxylic acids is 2. The lowest BCUT2D eigenvalue weighted by Crippen LogP contribution is -2.49. The van der Waals surface area contributed by atoms with Crippen LogP contribution in [0.3, 0.4) is 0 Å². The lowest BCUT2D eigenvalue weighted by atomic mass is 9.83. The summed E-state index contributed by atoms with van der Waals surface area (Å²) in [6.07, 6.45) is 1.65. The molecule has 0 aliphatic carbocycles. The molecular weight excluding hydrogens is 232 g/mol. The van der Waals surface area contributed by atoms with Gasteiger partial charge in [-0.05, 0) is 19.8 Å². The zero-order valence-electron chi connectivity index (χ0n) is 11.2. The summed E-state index contributed by atoms with van der Waals surface area (Å²) in [4.78, 5) is 26.3.